The summed E-state index contributed by atoms with van der Waals surface area (Å²) in [7, 11) is 1.74. The summed E-state index contributed by atoms with van der Waals surface area (Å²) in [5.41, 5.74) is -0.464. The number of aliphatic hydroxyl groups excluding tert-OH is 1. The average Bonchev–Trinajstić information content (AvgIpc) is 2.44. The van der Waals surface area contributed by atoms with Crippen molar-refractivity contribution < 1.29 is 14.6 Å². The molecule has 0 radical (unpaired) electrons. The molecule has 0 aromatic carbocycles. The van der Waals surface area contributed by atoms with Crippen LogP contribution in [0.5, 0.6) is 0 Å². The first-order chi connectivity index (χ1) is 10.3. The number of nitrogens with one attached hydrogen (secondary N) is 1. The molecule has 1 amide bonds. The fraction of sp³-hybridized carbons (Fsp3) is 0.941. The molecule has 22 heavy (non-hydrogen) atoms. The predicted molar refractivity (Wildman–Crippen MR) is 89.0 cm³/mol. The maximum atomic E-state index is 11.8. The minimum absolute atomic E-state index is 0.303. The maximum absolute atomic E-state index is 11.8. The average molecular weight is 314 g/mol. The van der Waals surface area contributed by atoms with Crippen LogP contribution in [0.3, 0.4) is 0 Å². The first kappa shape index (κ1) is 19.2. The summed E-state index contributed by atoms with van der Waals surface area (Å²) in [4.78, 5) is 13.4. The van der Waals surface area contributed by atoms with Crippen molar-refractivity contribution in [1.82, 2.24) is 10.2 Å². The second-order valence-electron chi connectivity index (χ2n) is 7.44. The zero-order valence-corrected chi connectivity index (χ0v) is 14.7. The van der Waals surface area contributed by atoms with Crippen molar-refractivity contribution in [2.24, 2.45) is 0 Å². The lowest BCUT2D eigenvalue weighted by Gasteiger charge is -2.25. The molecule has 0 aliphatic heterocycles. The van der Waals surface area contributed by atoms with Gasteiger partial charge in [0.05, 0.1) is 6.10 Å². The number of hydrogen-bond acceptors (Lipinski definition) is 4. The van der Waals surface area contributed by atoms with Crippen LogP contribution in [0.15, 0.2) is 0 Å². The van der Waals surface area contributed by atoms with Gasteiger partial charge < -0.3 is 20.1 Å². The number of carbonyl (C=O) groups is 1. The van der Waals surface area contributed by atoms with Gasteiger partial charge in [-0.1, -0.05) is 19.3 Å². The lowest BCUT2D eigenvalue weighted by atomic mass is 9.95. The lowest BCUT2D eigenvalue weighted by Crippen LogP contribution is -2.37. The van der Waals surface area contributed by atoms with E-state index < -0.39 is 5.60 Å². The highest BCUT2D eigenvalue weighted by Gasteiger charge is 2.19. The van der Waals surface area contributed by atoms with Crippen molar-refractivity contribution in [2.75, 3.05) is 20.1 Å². The Kier molecular flexibility index (Phi) is 8.18. The monoisotopic (exact) mass is 314 g/mol. The summed E-state index contributed by atoms with van der Waals surface area (Å²) in [6, 6.07) is 0.577. The molecule has 0 spiro atoms. The zero-order valence-electron chi connectivity index (χ0n) is 14.7. The van der Waals surface area contributed by atoms with Crippen molar-refractivity contribution in [3.63, 3.8) is 0 Å². The molecular weight excluding hydrogens is 280 g/mol. The van der Waals surface area contributed by atoms with Gasteiger partial charge in [-0.2, -0.15) is 0 Å². The third-order valence-corrected chi connectivity index (χ3v) is 3.98. The summed E-state index contributed by atoms with van der Waals surface area (Å²) in [6.45, 7) is 6.84. The molecular formula is C17H34N2O3. The Bertz CT molecular complexity index is 322. The summed E-state index contributed by atoms with van der Waals surface area (Å²) >= 11 is 0. The van der Waals surface area contributed by atoms with E-state index in [2.05, 4.69) is 5.32 Å². The number of amides is 1. The molecule has 0 aromatic rings. The van der Waals surface area contributed by atoms with Gasteiger partial charge in [0.15, 0.2) is 0 Å². The number of nitrogens with zero attached hydrogens (tertiary/aromatic N) is 1. The third kappa shape index (κ3) is 8.59. The van der Waals surface area contributed by atoms with E-state index in [1.54, 1.807) is 11.9 Å². The molecule has 0 bridgehead atoms. The minimum Gasteiger partial charge on any atom is -0.444 e. The minimum atomic E-state index is -0.464. The van der Waals surface area contributed by atoms with E-state index in [0.717, 1.165) is 6.42 Å². The van der Waals surface area contributed by atoms with Gasteiger partial charge in [0.2, 0.25) is 0 Å². The molecule has 0 heterocycles. The molecule has 5 nitrogen and oxygen atoms in total. The van der Waals surface area contributed by atoms with Gasteiger partial charge in [-0.05, 0) is 46.5 Å². The van der Waals surface area contributed by atoms with E-state index in [-0.39, 0.29) is 12.2 Å². The highest BCUT2D eigenvalue weighted by atomic mass is 16.6. The highest BCUT2D eigenvalue weighted by molar-refractivity contribution is 5.67. The van der Waals surface area contributed by atoms with E-state index in [1.807, 2.05) is 20.8 Å². The molecule has 1 fully saturated rings. The van der Waals surface area contributed by atoms with Gasteiger partial charge in [0, 0.05) is 26.2 Å². The smallest absolute Gasteiger partial charge is 0.410 e. The number of aliphatic hydroxyl groups is 1. The van der Waals surface area contributed by atoms with E-state index in [9.17, 15) is 9.90 Å². The molecule has 1 aliphatic carbocycles. The van der Waals surface area contributed by atoms with E-state index in [0.29, 0.717) is 25.6 Å². The van der Waals surface area contributed by atoms with Crippen molar-refractivity contribution in [3.05, 3.63) is 0 Å². The summed E-state index contributed by atoms with van der Waals surface area (Å²) in [5.74, 6) is 0. The van der Waals surface area contributed by atoms with E-state index in [1.165, 1.54) is 32.1 Å². The largest absolute Gasteiger partial charge is 0.444 e. The Hall–Kier alpha value is -0.810. The number of hydrogen-bond donors (Lipinski definition) is 2. The fourth-order valence-corrected chi connectivity index (χ4v) is 2.71. The molecule has 1 saturated carbocycles. The van der Waals surface area contributed by atoms with Gasteiger partial charge in [-0.25, -0.2) is 4.79 Å². The number of rotatable bonds is 7. The van der Waals surface area contributed by atoms with Crippen molar-refractivity contribution >= 4 is 6.09 Å². The van der Waals surface area contributed by atoms with Gasteiger partial charge in [-0.3, -0.25) is 0 Å². The van der Waals surface area contributed by atoms with Crippen LogP contribution in [-0.2, 0) is 4.74 Å². The second-order valence-corrected chi connectivity index (χ2v) is 7.44. The quantitative estimate of drug-likeness (QED) is 0.758. The molecule has 1 rings (SSSR count). The topological polar surface area (TPSA) is 61.8 Å². The molecule has 1 aliphatic rings. The van der Waals surface area contributed by atoms with Gasteiger partial charge in [0.25, 0.3) is 0 Å². The van der Waals surface area contributed by atoms with Crippen LogP contribution in [0.25, 0.3) is 0 Å². The fourth-order valence-electron chi connectivity index (χ4n) is 2.71. The predicted octanol–water partition coefficient (Wildman–Crippen LogP) is 2.92. The first-order valence-corrected chi connectivity index (χ1v) is 8.63. The Balaban J connectivity index is 2.10. The number of carbonyl (C=O) groups excluding carboxylic acids is 1. The zero-order chi connectivity index (χ0) is 16.6. The normalized spacial score (nSPS) is 18.0. The van der Waals surface area contributed by atoms with Crippen molar-refractivity contribution in [2.45, 2.75) is 83.5 Å². The molecule has 0 saturated heterocycles. The SMILES string of the molecule is CN(CCCC(O)CNC1CCCCC1)C(=O)OC(C)(C)C. The van der Waals surface area contributed by atoms with Crippen LogP contribution in [0.2, 0.25) is 0 Å². The highest BCUT2D eigenvalue weighted by Crippen LogP contribution is 2.17. The van der Waals surface area contributed by atoms with Crippen LogP contribution < -0.4 is 5.32 Å². The molecule has 5 heteroatoms. The van der Waals surface area contributed by atoms with Crippen LogP contribution >= 0.6 is 0 Å². The summed E-state index contributed by atoms with van der Waals surface area (Å²) in [6.07, 6.45) is 7.25. The van der Waals surface area contributed by atoms with E-state index >= 15 is 0 Å². The van der Waals surface area contributed by atoms with Crippen LogP contribution in [0.4, 0.5) is 4.79 Å². The molecule has 1 unspecified atom stereocenters. The van der Waals surface area contributed by atoms with Gasteiger partial charge >= 0.3 is 6.09 Å². The van der Waals surface area contributed by atoms with Crippen LogP contribution in [0, 0.1) is 0 Å². The Morgan fingerprint density at radius 2 is 1.95 bits per heavy atom. The summed E-state index contributed by atoms with van der Waals surface area (Å²) in [5, 5.41) is 13.5. The Labute approximate surface area is 135 Å². The van der Waals surface area contributed by atoms with Crippen LogP contribution in [-0.4, -0.2) is 54.0 Å². The number of ether oxygens (including phenoxy) is 1. The molecule has 1 atom stereocenters. The summed E-state index contributed by atoms with van der Waals surface area (Å²) < 4.78 is 5.30. The van der Waals surface area contributed by atoms with Gasteiger partial charge in [-0.15, -0.1) is 0 Å². The second kappa shape index (κ2) is 9.36. The Morgan fingerprint density at radius 1 is 1.32 bits per heavy atom. The first-order valence-electron chi connectivity index (χ1n) is 8.63. The van der Waals surface area contributed by atoms with E-state index in [4.69, 9.17) is 4.74 Å². The van der Waals surface area contributed by atoms with Crippen molar-refractivity contribution in [1.29, 1.82) is 0 Å². The third-order valence-electron chi connectivity index (χ3n) is 3.98. The molecule has 130 valence electrons. The van der Waals surface area contributed by atoms with Crippen LogP contribution in [0.1, 0.15) is 65.7 Å². The molecule has 2 N–H and O–H groups in total. The Morgan fingerprint density at radius 3 is 2.55 bits per heavy atom. The standard InChI is InChI=1S/C17H34N2O3/c1-17(2,3)22-16(21)19(4)12-8-11-15(20)13-18-14-9-6-5-7-10-14/h14-15,18,20H,5-13H2,1-4H3. The van der Waals surface area contributed by atoms with Gasteiger partial charge in [0.1, 0.15) is 5.60 Å². The lowest BCUT2D eigenvalue weighted by molar-refractivity contribution is 0.0288. The molecule has 0 aromatic heterocycles. The van der Waals surface area contributed by atoms with Crippen molar-refractivity contribution in [3.8, 4) is 0 Å². The maximum Gasteiger partial charge on any atom is 0.410 e.